The number of anilines is 1. The molecular weight excluding hydrogens is 377 g/mol. The number of hydrogen-bond acceptors (Lipinski definition) is 6. The third-order valence-electron chi connectivity index (χ3n) is 4.71. The number of hydrogen-bond donors (Lipinski definition) is 0. The summed E-state index contributed by atoms with van der Waals surface area (Å²) < 4.78 is 24.0. The number of halogens is 1. The number of aryl methyl sites for hydroxylation is 1. The van der Waals surface area contributed by atoms with Crippen LogP contribution in [-0.2, 0) is 16.1 Å². The molecular formula is C21H18FN3O4. The van der Waals surface area contributed by atoms with Crippen molar-refractivity contribution in [1.82, 2.24) is 10.1 Å². The average Bonchev–Trinajstić information content (AvgIpc) is 3.37. The van der Waals surface area contributed by atoms with Gasteiger partial charge in [-0.2, -0.15) is 4.98 Å². The zero-order chi connectivity index (χ0) is 20.4. The fraction of sp³-hybridized carbons (Fsp3) is 0.238. The van der Waals surface area contributed by atoms with Crippen LogP contribution in [0.15, 0.2) is 47.0 Å². The minimum atomic E-state index is -0.551. The maximum absolute atomic E-state index is 13.7. The first-order valence-electron chi connectivity index (χ1n) is 9.18. The highest BCUT2D eigenvalue weighted by Gasteiger charge is 2.22. The Morgan fingerprint density at radius 2 is 2.03 bits per heavy atom. The molecule has 29 heavy (non-hydrogen) atoms. The summed E-state index contributed by atoms with van der Waals surface area (Å²) in [6.45, 7) is 2.15. The molecule has 1 fully saturated rings. The van der Waals surface area contributed by atoms with Gasteiger partial charge in [-0.05, 0) is 49.2 Å². The Labute approximate surface area is 166 Å². The van der Waals surface area contributed by atoms with E-state index in [4.69, 9.17) is 9.26 Å². The van der Waals surface area contributed by atoms with Gasteiger partial charge in [0.25, 0.3) is 5.89 Å². The normalized spacial score (nSPS) is 13.7. The van der Waals surface area contributed by atoms with Crippen molar-refractivity contribution in [3.63, 3.8) is 0 Å². The van der Waals surface area contributed by atoms with Gasteiger partial charge < -0.3 is 14.2 Å². The SMILES string of the molecule is Cc1ccc(-c2noc(COC(=O)c3ccc(N4CCCC4=O)cc3)n2)cc1F. The predicted octanol–water partition coefficient (Wildman–Crippen LogP) is 3.67. The Morgan fingerprint density at radius 3 is 2.72 bits per heavy atom. The van der Waals surface area contributed by atoms with Gasteiger partial charge in [0.05, 0.1) is 5.56 Å². The minimum absolute atomic E-state index is 0.0842. The molecule has 1 amide bonds. The van der Waals surface area contributed by atoms with Gasteiger partial charge in [0.2, 0.25) is 11.7 Å². The molecule has 1 saturated heterocycles. The summed E-state index contributed by atoms with van der Waals surface area (Å²) in [5, 5.41) is 3.79. The first-order chi connectivity index (χ1) is 14.0. The van der Waals surface area contributed by atoms with Crippen LogP contribution in [0.1, 0.15) is 34.7 Å². The number of ether oxygens (including phenoxy) is 1. The minimum Gasteiger partial charge on any atom is -0.452 e. The Balaban J connectivity index is 1.38. The molecule has 0 atom stereocenters. The van der Waals surface area contributed by atoms with E-state index in [2.05, 4.69) is 10.1 Å². The van der Waals surface area contributed by atoms with Crippen LogP contribution < -0.4 is 4.90 Å². The Kier molecular flexibility index (Phi) is 5.07. The average molecular weight is 395 g/mol. The molecule has 3 aromatic rings. The van der Waals surface area contributed by atoms with Crippen molar-refractivity contribution in [3.8, 4) is 11.4 Å². The standard InChI is InChI=1S/C21H18FN3O4/c1-13-4-5-15(11-17(13)22)20-23-18(29-24-20)12-28-21(27)14-6-8-16(9-7-14)25-10-2-3-19(25)26/h4-9,11H,2-3,10,12H2,1H3. The van der Waals surface area contributed by atoms with Crippen molar-refractivity contribution in [2.24, 2.45) is 0 Å². The van der Waals surface area contributed by atoms with Crippen LogP contribution in [0.25, 0.3) is 11.4 Å². The molecule has 0 bridgehead atoms. The maximum atomic E-state index is 13.7. The van der Waals surface area contributed by atoms with E-state index in [1.54, 1.807) is 48.2 Å². The quantitative estimate of drug-likeness (QED) is 0.613. The van der Waals surface area contributed by atoms with E-state index in [1.807, 2.05) is 0 Å². The first kappa shape index (κ1) is 18.8. The lowest BCUT2D eigenvalue weighted by Crippen LogP contribution is -2.23. The van der Waals surface area contributed by atoms with E-state index < -0.39 is 5.97 Å². The van der Waals surface area contributed by atoms with Crippen molar-refractivity contribution >= 4 is 17.6 Å². The van der Waals surface area contributed by atoms with Gasteiger partial charge in [-0.3, -0.25) is 4.79 Å². The highest BCUT2D eigenvalue weighted by Crippen LogP contribution is 2.22. The van der Waals surface area contributed by atoms with E-state index >= 15 is 0 Å². The molecule has 0 unspecified atom stereocenters. The van der Waals surface area contributed by atoms with E-state index in [9.17, 15) is 14.0 Å². The molecule has 2 aromatic carbocycles. The molecule has 0 saturated carbocycles. The van der Waals surface area contributed by atoms with E-state index in [0.717, 1.165) is 12.1 Å². The van der Waals surface area contributed by atoms with Crippen LogP contribution >= 0.6 is 0 Å². The molecule has 1 aliphatic rings. The van der Waals surface area contributed by atoms with Crippen LogP contribution in [0.5, 0.6) is 0 Å². The summed E-state index contributed by atoms with van der Waals surface area (Å²) in [4.78, 5) is 29.8. The molecule has 8 heteroatoms. The summed E-state index contributed by atoms with van der Waals surface area (Å²) in [6, 6.07) is 11.3. The van der Waals surface area contributed by atoms with E-state index in [1.165, 1.54) is 6.07 Å². The molecule has 0 radical (unpaired) electrons. The van der Waals surface area contributed by atoms with Gasteiger partial charge in [0.1, 0.15) is 5.82 Å². The summed E-state index contributed by atoms with van der Waals surface area (Å²) in [6.07, 6.45) is 1.38. The van der Waals surface area contributed by atoms with Crippen molar-refractivity contribution in [2.45, 2.75) is 26.4 Å². The molecule has 1 aromatic heterocycles. The van der Waals surface area contributed by atoms with E-state index in [0.29, 0.717) is 29.7 Å². The summed E-state index contributed by atoms with van der Waals surface area (Å²) >= 11 is 0. The maximum Gasteiger partial charge on any atom is 0.338 e. The Hall–Kier alpha value is -3.55. The number of benzene rings is 2. The van der Waals surface area contributed by atoms with Gasteiger partial charge >= 0.3 is 5.97 Å². The van der Waals surface area contributed by atoms with Crippen molar-refractivity contribution in [2.75, 3.05) is 11.4 Å². The van der Waals surface area contributed by atoms with Gasteiger partial charge in [0.15, 0.2) is 6.61 Å². The van der Waals surface area contributed by atoms with Gasteiger partial charge in [-0.25, -0.2) is 9.18 Å². The Morgan fingerprint density at radius 1 is 1.24 bits per heavy atom. The second kappa shape index (κ2) is 7.83. The fourth-order valence-electron chi connectivity index (χ4n) is 3.07. The molecule has 2 heterocycles. The van der Waals surface area contributed by atoms with Crippen molar-refractivity contribution < 1.29 is 23.2 Å². The molecule has 148 valence electrons. The largest absolute Gasteiger partial charge is 0.452 e. The summed E-state index contributed by atoms with van der Waals surface area (Å²) in [5.41, 5.74) is 2.10. The second-order valence-corrected chi connectivity index (χ2v) is 6.75. The number of esters is 1. The topological polar surface area (TPSA) is 85.5 Å². The first-order valence-corrected chi connectivity index (χ1v) is 9.18. The van der Waals surface area contributed by atoms with Gasteiger partial charge in [-0.15, -0.1) is 0 Å². The number of carbonyl (C=O) groups excluding carboxylic acids is 2. The van der Waals surface area contributed by atoms with Crippen LogP contribution in [0.2, 0.25) is 0 Å². The zero-order valence-electron chi connectivity index (χ0n) is 15.7. The van der Waals surface area contributed by atoms with Crippen LogP contribution in [0.4, 0.5) is 10.1 Å². The third kappa shape index (κ3) is 4.01. The molecule has 1 aliphatic heterocycles. The number of rotatable bonds is 5. The highest BCUT2D eigenvalue weighted by molar-refractivity contribution is 5.96. The van der Waals surface area contributed by atoms with Gasteiger partial charge in [0, 0.05) is 24.2 Å². The fourth-order valence-corrected chi connectivity index (χ4v) is 3.07. The number of carbonyl (C=O) groups is 2. The number of aromatic nitrogens is 2. The number of nitrogens with zero attached hydrogens (tertiary/aromatic N) is 3. The molecule has 4 rings (SSSR count). The lowest BCUT2D eigenvalue weighted by Gasteiger charge is -2.15. The monoisotopic (exact) mass is 395 g/mol. The van der Waals surface area contributed by atoms with Crippen LogP contribution in [0, 0.1) is 12.7 Å². The second-order valence-electron chi connectivity index (χ2n) is 6.75. The van der Waals surface area contributed by atoms with Crippen molar-refractivity contribution in [1.29, 1.82) is 0 Å². The molecule has 7 nitrogen and oxygen atoms in total. The van der Waals surface area contributed by atoms with Gasteiger partial charge in [-0.1, -0.05) is 17.3 Å². The molecule has 0 aliphatic carbocycles. The van der Waals surface area contributed by atoms with Crippen LogP contribution in [0.3, 0.4) is 0 Å². The lowest BCUT2D eigenvalue weighted by molar-refractivity contribution is -0.117. The molecule has 0 spiro atoms. The Bertz CT molecular complexity index is 1060. The molecule has 0 N–H and O–H groups in total. The summed E-state index contributed by atoms with van der Waals surface area (Å²) in [7, 11) is 0. The lowest BCUT2D eigenvalue weighted by atomic mass is 10.1. The number of amides is 1. The smallest absolute Gasteiger partial charge is 0.338 e. The van der Waals surface area contributed by atoms with Crippen LogP contribution in [-0.4, -0.2) is 28.6 Å². The predicted molar refractivity (Wildman–Crippen MR) is 102 cm³/mol. The van der Waals surface area contributed by atoms with E-state index in [-0.39, 0.29) is 30.0 Å². The zero-order valence-corrected chi connectivity index (χ0v) is 15.7. The highest BCUT2D eigenvalue weighted by atomic mass is 19.1. The van der Waals surface area contributed by atoms with Crippen molar-refractivity contribution in [3.05, 3.63) is 65.3 Å². The summed E-state index contributed by atoms with van der Waals surface area (Å²) in [5.74, 6) is -0.506. The third-order valence-corrected chi connectivity index (χ3v) is 4.71.